The highest BCUT2D eigenvalue weighted by molar-refractivity contribution is 5.98. The van der Waals surface area contributed by atoms with Crippen LogP contribution in [0.1, 0.15) is 23.2 Å². The van der Waals surface area contributed by atoms with Crippen molar-refractivity contribution in [1.82, 2.24) is 4.90 Å². The lowest BCUT2D eigenvalue weighted by Gasteiger charge is -2.36. The van der Waals surface area contributed by atoms with Crippen molar-refractivity contribution in [3.63, 3.8) is 0 Å². The first-order valence-electron chi connectivity index (χ1n) is 9.02. The first-order valence-corrected chi connectivity index (χ1v) is 9.02. The second-order valence-electron chi connectivity index (χ2n) is 6.50. The molecule has 2 aromatic carbocycles. The molecule has 0 atom stereocenters. The van der Waals surface area contributed by atoms with Gasteiger partial charge in [0.1, 0.15) is 11.6 Å². The lowest BCUT2D eigenvalue weighted by molar-refractivity contribution is -0.131. The summed E-state index contributed by atoms with van der Waals surface area (Å²) in [7, 11) is 1.55. The van der Waals surface area contributed by atoms with Crippen LogP contribution in [0.5, 0.6) is 5.75 Å². The Balaban J connectivity index is 1.48. The van der Waals surface area contributed by atoms with Gasteiger partial charge < -0.3 is 14.5 Å². The molecular formula is C21H23FN2O3. The molecule has 0 radical (unpaired) electrons. The van der Waals surface area contributed by atoms with Gasteiger partial charge in [0.2, 0.25) is 5.91 Å². The largest absolute Gasteiger partial charge is 0.497 e. The second-order valence-corrected chi connectivity index (χ2v) is 6.50. The van der Waals surface area contributed by atoms with Crippen LogP contribution >= 0.6 is 0 Å². The van der Waals surface area contributed by atoms with Crippen molar-refractivity contribution in [3.05, 3.63) is 59.9 Å². The number of methoxy groups -OCH3 is 1. The quantitative estimate of drug-likeness (QED) is 0.733. The molecule has 1 amide bonds. The Bertz CT molecular complexity index is 799. The minimum atomic E-state index is -0.256. The summed E-state index contributed by atoms with van der Waals surface area (Å²) in [6, 6.07) is 13.4. The molecule has 1 saturated heterocycles. The molecule has 2 aromatic rings. The second kappa shape index (κ2) is 8.66. The average molecular weight is 370 g/mol. The summed E-state index contributed by atoms with van der Waals surface area (Å²) in [5.74, 6) is 0.301. The molecule has 27 heavy (non-hydrogen) atoms. The molecule has 0 unspecified atom stereocenters. The molecule has 0 aromatic heterocycles. The molecular weight excluding hydrogens is 347 g/mol. The van der Waals surface area contributed by atoms with Crippen LogP contribution < -0.4 is 9.64 Å². The topological polar surface area (TPSA) is 49.9 Å². The van der Waals surface area contributed by atoms with E-state index in [0.29, 0.717) is 37.5 Å². The molecule has 0 saturated carbocycles. The fraction of sp³-hybridized carbons (Fsp3) is 0.333. The predicted octanol–water partition coefficient (Wildman–Crippen LogP) is 3.15. The number of ether oxygens (including phenoxy) is 1. The molecule has 1 heterocycles. The van der Waals surface area contributed by atoms with Crippen molar-refractivity contribution in [2.45, 2.75) is 12.8 Å². The summed E-state index contributed by atoms with van der Waals surface area (Å²) in [6.07, 6.45) is 0.386. The van der Waals surface area contributed by atoms with Crippen molar-refractivity contribution in [1.29, 1.82) is 0 Å². The Morgan fingerprint density at radius 3 is 2.37 bits per heavy atom. The maximum Gasteiger partial charge on any atom is 0.223 e. The number of piperazine rings is 1. The first-order chi connectivity index (χ1) is 13.1. The molecule has 0 N–H and O–H groups in total. The van der Waals surface area contributed by atoms with E-state index in [2.05, 4.69) is 4.90 Å². The summed E-state index contributed by atoms with van der Waals surface area (Å²) in [4.78, 5) is 28.6. The van der Waals surface area contributed by atoms with Gasteiger partial charge in [-0.25, -0.2) is 4.39 Å². The molecule has 1 fully saturated rings. The Morgan fingerprint density at radius 1 is 1.00 bits per heavy atom. The maximum atomic E-state index is 13.0. The van der Waals surface area contributed by atoms with Crippen molar-refractivity contribution in [2.24, 2.45) is 0 Å². The number of rotatable bonds is 6. The Kier molecular flexibility index (Phi) is 6.06. The SMILES string of the molecule is COc1cccc(C(=O)CCC(=O)N2CCN(c3ccc(F)cc3)CC2)c1. The Labute approximate surface area is 158 Å². The summed E-state index contributed by atoms with van der Waals surface area (Å²) in [5, 5.41) is 0. The third-order valence-corrected chi connectivity index (χ3v) is 4.78. The lowest BCUT2D eigenvalue weighted by atomic mass is 10.1. The van der Waals surface area contributed by atoms with E-state index in [0.717, 1.165) is 5.69 Å². The molecule has 6 heteroatoms. The molecule has 3 rings (SSSR count). The van der Waals surface area contributed by atoms with E-state index in [4.69, 9.17) is 4.74 Å². The number of carbonyl (C=O) groups excluding carboxylic acids is 2. The van der Waals surface area contributed by atoms with Crippen LogP contribution in [-0.4, -0.2) is 49.9 Å². The number of amides is 1. The molecule has 0 spiro atoms. The van der Waals surface area contributed by atoms with Gasteiger partial charge in [-0.15, -0.1) is 0 Å². The van der Waals surface area contributed by atoms with E-state index >= 15 is 0 Å². The standard InChI is InChI=1S/C21H23FN2O3/c1-27-19-4-2-3-16(15-19)20(25)9-10-21(26)24-13-11-23(12-14-24)18-7-5-17(22)6-8-18/h2-8,15H,9-14H2,1H3. The van der Waals surface area contributed by atoms with Crippen LogP contribution in [-0.2, 0) is 4.79 Å². The smallest absolute Gasteiger partial charge is 0.223 e. The van der Waals surface area contributed by atoms with Crippen molar-refractivity contribution in [2.75, 3.05) is 38.2 Å². The third-order valence-electron chi connectivity index (χ3n) is 4.78. The summed E-state index contributed by atoms with van der Waals surface area (Å²) < 4.78 is 18.2. The van der Waals surface area contributed by atoms with Crippen molar-refractivity contribution >= 4 is 17.4 Å². The van der Waals surface area contributed by atoms with Gasteiger partial charge in [-0.05, 0) is 36.4 Å². The fourth-order valence-corrected chi connectivity index (χ4v) is 3.19. The van der Waals surface area contributed by atoms with Crippen LogP contribution in [0, 0.1) is 5.82 Å². The van der Waals surface area contributed by atoms with Crippen LogP contribution in [0.2, 0.25) is 0 Å². The lowest BCUT2D eigenvalue weighted by Crippen LogP contribution is -2.48. The number of anilines is 1. The third kappa shape index (κ3) is 4.84. The number of Topliss-reactive ketones (excluding diaryl/α,β-unsaturated/α-hetero) is 1. The van der Waals surface area contributed by atoms with Crippen molar-refractivity contribution in [3.8, 4) is 5.75 Å². The zero-order valence-electron chi connectivity index (χ0n) is 15.4. The van der Waals surface area contributed by atoms with E-state index in [-0.39, 0.29) is 30.3 Å². The molecule has 0 aliphatic carbocycles. The average Bonchev–Trinajstić information content (AvgIpc) is 2.72. The number of ketones is 1. The molecule has 5 nitrogen and oxygen atoms in total. The minimum absolute atomic E-state index is 0.00926. The van der Waals surface area contributed by atoms with Gasteiger partial charge in [-0.1, -0.05) is 12.1 Å². The minimum Gasteiger partial charge on any atom is -0.497 e. The van der Waals surface area contributed by atoms with E-state index in [1.165, 1.54) is 12.1 Å². The van der Waals surface area contributed by atoms with Gasteiger partial charge in [0.25, 0.3) is 0 Å². The Morgan fingerprint density at radius 2 is 1.70 bits per heavy atom. The fourth-order valence-electron chi connectivity index (χ4n) is 3.19. The Hall–Kier alpha value is -2.89. The highest BCUT2D eigenvalue weighted by atomic mass is 19.1. The zero-order valence-corrected chi connectivity index (χ0v) is 15.4. The van der Waals surface area contributed by atoms with Gasteiger partial charge in [0, 0.05) is 50.3 Å². The molecule has 142 valence electrons. The summed E-state index contributed by atoms with van der Waals surface area (Å²) in [5.41, 5.74) is 1.51. The molecule has 1 aliphatic rings. The number of halogens is 1. The van der Waals surface area contributed by atoms with E-state index in [1.807, 2.05) is 0 Å². The summed E-state index contributed by atoms with van der Waals surface area (Å²) >= 11 is 0. The maximum absolute atomic E-state index is 13.0. The number of carbonyl (C=O) groups is 2. The highest BCUT2D eigenvalue weighted by Crippen LogP contribution is 2.18. The van der Waals surface area contributed by atoms with Gasteiger partial charge in [0.05, 0.1) is 7.11 Å². The van der Waals surface area contributed by atoms with E-state index in [9.17, 15) is 14.0 Å². The first kappa shape index (κ1) is 18.9. The van der Waals surface area contributed by atoms with Gasteiger partial charge in [-0.3, -0.25) is 9.59 Å². The van der Waals surface area contributed by atoms with Crippen LogP contribution in [0.3, 0.4) is 0 Å². The zero-order chi connectivity index (χ0) is 19.2. The van der Waals surface area contributed by atoms with Gasteiger partial charge in [-0.2, -0.15) is 0 Å². The van der Waals surface area contributed by atoms with Gasteiger partial charge >= 0.3 is 0 Å². The number of hydrogen-bond donors (Lipinski definition) is 0. The van der Waals surface area contributed by atoms with E-state index in [1.54, 1.807) is 48.4 Å². The number of benzene rings is 2. The van der Waals surface area contributed by atoms with Crippen LogP contribution in [0.4, 0.5) is 10.1 Å². The normalized spacial score (nSPS) is 14.1. The predicted molar refractivity (Wildman–Crippen MR) is 102 cm³/mol. The monoisotopic (exact) mass is 370 g/mol. The van der Waals surface area contributed by atoms with Gasteiger partial charge in [0.15, 0.2) is 5.78 Å². The summed E-state index contributed by atoms with van der Waals surface area (Å²) in [6.45, 7) is 2.59. The number of nitrogens with zero attached hydrogens (tertiary/aromatic N) is 2. The number of hydrogen-bond acceptors (Lipinski definition) is 4. The van der Waals surface area contributed by atoms with Crippen molar-refractivity contribution < 1.29 is 18.7 Å². The van der Waals surface area contributed by atoms with E-state index < -0.39 is 0 Å². The van der Waals surface area contributed by atoms with Crippen LogP contribution in [0.15, 0.2) is 48.5 Å². The highest BCUT2D eigenvalue weighted by Gasteiger charge is 2.22. The molecule has 1 aliphatic heterocycles. The van der Waals surface area contributed by atoms with Crippen LogP contribution in [0.25, 0.3) is 0 Å². The molecule has 0 bridgehead atoms.